The Hall–Kier alpha value is -0.520. The van der Waals surface area contributed by atoms with Gasteiger partial charge in [0.25, 0.3) is 0 Å². The van der Waals surface area contributed by atoms with Crippen molar-refractivity contribution in [1.29, 1.82) is 0 Å². The van der Waals surface area contributed by atoms with Crippen LogP contribution in [0.25, 0.3) is 0 Å². The molecule has 0 amide bonds. The SMILES string of the molecule is C=CCCC(=C)C1CC2CCC1C2. The van der Waals surface area contributed by atoms with Crippen LogP contribution in [-0.2, 0) is 0 Å². The third kappa shape index (κ3) is 1.72. The molecule has 0 heteroatoms. The lowest BCUT2D eigenvalue weighted by Crippen LogP contribution is -2.12. The van der Waals surface area contributed by atoms with Gasteiger partial charge >= 0.3 is 0 Å². The van der Waals surface area contributed by atoms with Crippen LogP contribution in [0.15, 0.2) is 24.8 Å². The molecule has 0 heterocycles. The first-order valence-electron chi connectivity index (χ1n) is 5.60. The van der Waals surface area contributed by atoms with Crippen molar-refractivity contribution in [1.82, 2.24) is 0 Å². The van der Waals surface area contributed by atoms with Gasteiger partial charge in [0, 0.05) is 0 Å². The van der Waals surface area contributed by atoms with E-state index in [1.54, 1.807) is 0 Å². The number of fused-ring (bicyclic) bond motifs is 2. The zero-order chi connectivity index (χ0) is 9.26. The average Bonchev–Trinajstić information content (AvgIpc) is 2.74. The Bertz CT molecular complexity index is 214. The van der Waals surface area contributed by atoms with Gasteiger partial charge in [-0.2, -0.15) is 0 Å². The molecule has 0 N–H and O–H groups in total. The fourth-order valence-electron chi connectivity index (χ4n) is 3.22. The van der Waals surface area contributed by atoms with Crippen molar-refractivity contribution in [3.8, 4) is 0 Å². The third-order valence-electron chi connectivity index (χ3n) is 3.93. The Morgan fingerprint density at radius 1 is 1.31 bits per heavy atom. The second-order valence-corrected chi connectivity index (χ2v) is 4.77. The van der Waals surface area contributed by atoms with E-state index in [9.17, 15) is 0 Å². The fourth-order valence-corrected chi connectivity index (χ4v) is 3.22. The van der Waals surface area contributed by atoms with E-state index in [1.165, 1.54) is 37.7 Å². The summed E-state index contributed by atoms with van der Waals surface area (Å²) in [7, 11) is 0. The number of rotatable bonds is 4. The van der Waals surface area contributed by atoms with E-state index in [0.717, 1.165) is 24.2 Å². The van der Waals surface area contributed by atoms with E-state index in [-0.39, 0.29) is 0 Å². The lowest BCUT2D eigenvalue weighted by Gasteiger charge is -2.23. The van der Waals surface area contributed by atoms with E-state index in [0.29, 0.717) is 0 Å². The van der Waals surface area contributed by atoms with Gasteiger partial charge in [0.1, 0.15) is 0 Å². The molecule has 0 nitrogen and oxygen atoms in total. The molecule has 13 heavy (non-hydrogen) atoms. The van der Waals surface area contributed by atoms with Crippen molar-refractivity contribution < 1.29 is 0 Å². The molecule has 2 aliphatic carbocycles. The zero-order valence-electron chi connectivity index (χ0n) is 8.47. The normalized spacial score (nSPS) is 36.5. The highest BCUT2D eigenvalue weighted by atomic mass is 14.4. The van der Waals surface area contributed by atoms with Gasteiger partial charge in [-0.05, 0) is 49.9 Å². The number of hydrogen-bond donors (Lipinski definition) is 0. The van der Waals surface area contributed by atoms with Crippen LogP contribution < -0.4 is 0 Å². The molecule has 2 rings (SSSR count). The first-order valence-corrected chi connectivity index (χ1v) is 5.60. The second kappa shape index (κ2) is 3.69. The lowest BCUT2D eigenvalue weighted by atomic mass is 9.82. The maximum atomic E-state index is 4.25. The van der Waals surface area contributed by atoms with Crippen molar-refractivity contribution in [3.63, 3.8) is 0 Å². The Morgan fingerprint density at radius 2 is 2.15 bits per heavy atom. The molecule has 0 spiro atoms. The molecular weight excluding hydrogens is 156 g/mol. The third-order valence-corrected chi connectivity index (χ3v) is 3.93. The second-order valence-electron chi connectivity index (χ2n) is 4.77. The lowest BCUT2D eigenvalue weighted by molar-refractivity contribution is 0.371. The minimum atomic E-state index is 0.874. The van der Waals surface area contributed by atoms with E-state index >= 15 is 0 Å². The summed E-state index contributed by atoms with van der Waals surface area (Å²) in [5.74, 6) is 2.93. The summed E-state index contributed by atoms with van der Waals surface area (Å²) in [6.07, 6.45) is 10.2. The zero-order valence-corrected chi connectivity index (χ0v) is 8.47. The molecule has 0 aliphatic heterocycles. The van der Waals surface area contributed by atoms with Crippen LogP contribution in [0, 0.1) is 17.8 Å². The van der Waals surface area contributed by atoms with Crippen LogP contribution in [0.4, 0.5) is 0 Å². The van der Waals surface area contributed by atoms with Crippen molar-refractivity contribution >= 4 is 0 Å². The monoisotopic (exact) mass is 176 g/mol. The maximum absolute atomic E-state index is 4.25. The molecule has 0 aromatic heterocycles. The Kier molecular flexibility index (Phi) is 2.57. The highest BCUT2D eigenvalue weighted by Gasteiger charge is 2.39. The van der Waals surface area contributed by atoms with Gasteiger partial charge in [-0.25, -0.2) is 0 Å². The van der Waals surface area contributed by atoms with Crippen molar-refractivity contribution in [2.45, 2.75) is 38.5 Å². The largest absolute Gasteiger partial charge is 0.103 e. The van der Waals surface area contributed by atoms with Crippen molar-refractivity contribution in [2.75, 3.05) is 0 Å². The van der Waals surface area contributed by atoms with Gasteiger partial charge < -0.3 is 0 Å². The van der Waals surface area contributed by atoms with Gasteiger partial charge in [0.05, 0.1) is 0 Å². The smallest absolute Gasteiger partial charge is 0.0175 e. The first kappa shape index (κ1) is 9.05. The maximum Gasteiger partial charge on any atom is -0.0175 e. The molecule has 3 atom stereocenters. The molecule has 0 aromatic rings. The summed E-state index contributed by atoms with van der Waals surface area (Å²) in [4.78, 5) is 0. The minimum absolute atomic E-state index is 0.874. The Morgan fingerprint density at radius 3 is 2.69 bits per heavy atom. The summed E-state index contributed by atoms with van der Waals surface area (Å²) in [5, 5.41) is 0. The summed E-state index contributed by atoms with van der Waals surface area (Å²) in [6, 6.07) is 0. The highest BCUT2D eigenvalue weighted by Crippen LogP contribution is 2.51. The molecule has 0 aromatic carbocycles. The van der Waals surface area contributed by atoms with Crippen LogP contribution in [0.5, 0.6) is 0 Å². The van der Waals surface area contributed by atoms with E-state index in [4.69, 9.17) is 0 Å². The quantitative estimate of drug-likeness (QED) is 0.569. The van der Waals surface area contributed by atoms with Gasteiger partial charge in [-0.3, -0.25) is 0 Å². The number of allylic oxidation sites excluding steroid dienone is 2. The summed E-state index contributed by atoms with van der Waals surface area (Å²) in [6.45, 7) is 8.01. The average molecular weight is 176 g/mol. The van der Waals surface area contributed by atoms with Gasteiger partial charge in [0.15, 0.2) is 0 Å². The van der Waals surface area contributed by atoms with Gasteiger partial charge in [-0.15, -0.1) is 6.58 Å². The van der Waals surface area contributed by atoms with Gasteiger partial charge in [0.2, 0.25) is 0 Å². The molecule has 2 saturated carbocycles. The van der Waals surface area contributed by atoms with Crippen LogP contribution in [0.1, 0.15) is 38.5 Å². The molecule has 2 bridgehead atoms. The molecule has 2 aliphatic rings. The van der Waals surface area contributed by atoms with Crippen LogP contribution >= 0.6 is 0 Å². The predicted octanol–water partition coefficient (Wildman–Crippen LogP) is 3.95. The van der Waals surface area contributed by atoms with Crippen LogP contribution in [0.3, 0.4) is 0 Å². The summed E-state index contributed by atoms with van der Waals surface area (Å²) >= 11 is 0. The molecule has 3 unspecified atom stereocenters. The fraction of sp³-hybridized carbons (Fsp3) is 0.692. The first-order chi connectivity index (χ1) is 6.31. The Balaban J connectivity index is 1.87. The summed E-state index contributed by atoms with van der Waals surface area (Å²) in [5.41, 5.74) is 1.51. The topological polar surface area (TPSA) is 0 Å². The molecule has 2 fully saturated rings. The summed E-state index contributed by atoms with van der Waals surface area (Å²) < 4.78 is 0. The van der Waals surface area contributed by atoms with Crippen molar-refractivity contribution in [3.05, 3.63) is 24.8 Å². The van der Waals surface area contributed by atoms with Crippen molar-refractivity contribution in [2.24, 2.45) is 17.8 Å². The molecule has 72 valence electrons. The standard InChI is InChI=1S/C13H20/c1-3-4-5-10(2)13-9-11-6-7-12(13)8-11/h3,11-13H,1-2,4-9H2. The van der Waals surface area contributed by atoms with E-state index in [1.807, 2.05) is 6.08 Å². The highest BCUT2D eigenvalue weighted by molar-refractivity contribution is 5.09. The number of hydrogen-bond acceptors (Lipinski definition) is 0. The van der Waals surface area contributed by atoms with Crippen LogP contribution in [0.2, 0.25) is 0 Å². The van der Waals surface area contributed by atoms with Crippen LogP contribution in [-0.4, -0.2) is 0 Å². The molecular formula is C13H20. The van der Waals surface area contributed by atoms with E-state index in [2.05, 4.69) is 13.2 Å². The van der Waals surface area contributed by atoms with E-state index < -0.39 is 0 Å². The predicted molar refractivity (Wildman–Crippen MR) is 57.5 cm³/mol. The van der Waals surface area contributed by atoms with Gasteiger partial charge in [-0.1, -0.05) is 24.6 Å². The minimum Gasteiger partial charge on any atom is -0.103 e. The Labute approximate surface area is 81.7 Å². The molecule has 0 radical (unpaired) electrons. The molecule has 0 saturated heterocycles.